The average Bonchev–Trinajstić information content (AvgIpc) is 2.78. The summed E-state index contributed by atoms with van der Waals surface area (Å²) < 4.78 is 1.71. The Morgan fingerprint density at radius 2 is 2.22 bits per heavy atom. The second kappa shape index (κ2) is 6.25. The summed E-state index contributed by atoms with van der Waals surface area (Å²) in [6.07, 6.45) is 6.23. The number of aromatic nitrogens is 2. The highest BCUT2D eigenvalue weighted by atomic mass is 16.2. The monoisotopic (exact) mass is 247 g/mol. The summed E-state index contributed by atoms with van der Waals surface area (Å²) in [5, 5.41) is 7.21. The van der Waals surface area contributed by atoms with Crippen LogP contribution in [0.15, 0.2) is 6.07 Å². The highest BCUT2D eigenvalue weighted by Crippen LogP contribution is 2.07. The first kappa shape index (κ1) is 14.3. The molecule has 18 heavy (non-hydrogen) atoms. The number of hydrogen-bond donors (Lipinski definition) is 1. The summed E-state index contributed by atoms with van der Waals surface area (Å²) in [7, 11) is 0. The molecule has 0 saturated carbocycles. The lowest BCUT2D eigenvalue weighted by Gasteiger charge is -2.16. The molecule has 1 aromatic rings. The number of hydrogen-bond acceptors (Lipinski definition) is 2. The highest BCUT2D eigenvalue weighted by molar-refractivity contribution is 5.93. The van der Waals surface area contributed by atoms with Crippen molar-refractivity contribution in [2.75, 3.05) is 0 Å². The summed E-state index contributed by atoms with van der Waals surface area (Å²) in [5.41, 5.74) is 1.50. The van der Waals surface area contributed by atoms with Crippen LogP contribution in [0.5, 0.6) is 0 Å². The van der Waals surface area contributed by atoms with Crippen LogP contribution in [-0.2, 0) is 13.0 Å². The number of nitrogens with one attached hydrogen (secondary N) is 1. The normalized spacial score (nSPS) is 12.2. The third-order valence-electron chi connectivity index (χ3n) is 2.86. The minimum absolute atomic E-state index is 0.152. The number of rotatable bonds is 5. The van der Waals surface area contributed by atoms with Crippen molar-refractivity contribution in [3.05, 3.63) is 17.5 Å². The van der Waals surface area contributed by atoms with Gasteiger partial charge in [0.2, 0.25) is 0 Å². The van der Waals surface area contributed by atoms with Crippen LogP contribution in [0.4, 0.5) is 0 Å². The fraction of sp³-hybridized carbons (Fsp3) is 0.571. The van der Waals surface area contributed by atoms with E-state index in [1.165, 1.54) is 0 Å². The molecular weight excluding hydrogens is 226 g/mol. The molecule has 4 nitrogen and oxygen atoms in total. The number of terminal acetylenes is 1. The maximum atomic E-state index is 12.2. The number of nitrogens with zero attached hydrogens (tertiary/aromatic N) is 2. The fourth-order valence-corrected chi connectivity index (χ4v) is 1.68. The van der Waals surface area contributed by atoms with Crippen molar-refractivity contribution in [2.24, 2.45) is 5.92 Å². The van der Waals surface area contributed by atoms with Crippen LogP contribution < -0.4 is 5.32 Å². The minimum atomic E-state index is -0.247. The van der Waals surface area contributed by atoms with Gasteiger partial charge in [0, 0.05) is 6.54 Å². The van der Waals surface area contributed by atoms with Crippen molar-refractivity contribution in [3.63, 3.8) is 0 Å². The van der Waals surface area contributed by atoms with Crippen molar-refractivity contribution in [2.45, 2.75) is 46.7 Å². The Balaban J connectivity index is 2.90. The van der Waals surface area contributed by atoms with Gasteiger partial charge in [0.05, 0.1) is 11.7 Å². The Kier molecular flexibility index (Phi) is 4.96. The zero-order chi connectivity index (χ0) is 13.7. The Bertz CT molecular complexity index is 454. The van der Waals surface area contributed by atoms with Crippen LogP contribution in [0.1, 0.15) is 43.9 Å². The fourth-order valence-electron chi connectivity index (χ4n) is 1.68. The number of carbonyl (C=O) groups excluding carboxylic acids is 1. The topological polar surface area (TPSA) is 46.9 Å². The maximum Gasteiger partial charge on any atom is 0.270 e. The van der Waals surface area contributed by atoms with Gasteiger partial charge in [-0.3, -0.25) is 9.48 Å². The molecule has 4 heteroatoms. The summed E-state index contributed by atoms with van der Waals surface area (Å²) in [6.45, 7) is 8.62. The van der Waals surface area contributed by atoms with Gasteiger partial charge in [-0.25, -0.2) is 0 Å². The Morgan fingerprint density at radius 3 is 2.67 bits per heavy atom. The van der Waals surface area contributed by atoms with Gasteiger partial charge in [-0.15, -0.1) is 6.42 Å². The molecule has 0 aromatic carbocycles. The van der Waals surface area contributed by atoms with Crippen LogP contribution in [0.25, 0.3) is 0 Å². The van der Waals surface area contributed by atoms with E-state index in [4.69, 9.17) is 6.42 Å². The maximum absolute atomic E-state index is 12.2. The molecule has 1 atom stereocenters. The zero-order valence-electron chi connectivity index (χ0n) is 11.5. The van der Waals surface area contributed by atoms with Crippen LogP contribution >= 0.6 is 0 Å². The first-order chi connectivity index (χ1) is 8.53. The van der Waals surface area contributed by atoms with E-state index in [0.29, 0.717) is 12.2 Å². The quantitative estimate of drug-likeness (QED) is 0.807. The smallest absolute Gasteiger partial charge is 0.270 e. The van der Waals surface area contributed by atoms with Crippen LogP contribution in [0.2, 0.25) is 0 Å². The molecule has 1 amide bonds. The van der Waals surface area contributed by atoms with Gasteiger partial charge in [-0.1, -0.05) is 26.7 Å². The lowest BCUT2D eigenvalue weighted by atomic mass is 10.1. The van der Waals surface area contributed by atoms with Gasteiger partial charge in [0.1, 0.15) is 5.69 Å². The Hall–Kier alpha value is -1.76. The van der Waals surface area contributed by atoms with E-state index in [1.807, 2.05) is 33.8 Å². The molecular formula is C14H21N3O. The van der Waals surface area contributed by atoms with E-state index in [0.717, 1.165) is 12.1 Å². The van der Waals surface area contributed by atoms with Crippen molar-refractivity contribution in [3.8, 4) is 12.3 Å². The van der Waals surface area contributed by atoms with Crippen LogP contribution in [0.3, 0.4) is 0 Å². The minimum Gasteiger partial charge on any atom is -0.337 e. The van der Waals surface area contributed by atoms with E-state index < -0.39 is 0 Å². The first-order valence-corrected chi connectivity index (χ1v) is 6.37. The van der Waals surface area contributed by atoms with E-state index in [-0.39, 0.29) is 17.9 Å². The Morgan fingerprint density at radius 1 is 1.56 bits per heavy atom. The van der Waals surface area contributed by atoms with Crippen LogP contribution in [0, 0.1) is 18.3 Å². The van der Waals surface area contributed by atoms with Gasteiger partial charge < -0.3 is 5.32 Å². The molecule has 0 fully saturated rings. The first-order valence-electron chi connectivity index (χ1n) is 6.37. The average molecular weight is 247 g/mol. The predicted molar refractivity (Wildman–Crippen MR) is 72.2 cm³/mol. The second-order valence-electron chi connectivity index (χ2n) is 4.55. The summed E-state index contributed by atoms with van der Waals surface area (Å²) in [4.78, 5) is 12.2. The largest absolute Gasteiger partial charge is 0.337 e. The molecule has 1 N–H and O–H groups in total. The third kappa shape index (κ3) is 3.13. The molecule has 98 valence electrons. The predicted octanol–water partition coefficient (Wildman–Crippen LogP) is 1.85. The summed E-state index contributed by atoms with van der Waals surface area (Å²) >= 11 is 0. The van der Waals surface area contributed by atoms with Gasteiger partial charge in [0.25, 0.3) is 5.91 Å². The molecule has 1 heterocycles. The molecule has 1 aromatic heterocycles. The molecule has 0 aliphatic rings. The zero-order valence-corrected chi connectivity index (χ0v) is 11.5. The van der Waals surface area contributed by atoms with Crippen molar-refractivity contribution >= 4 is 5.91 Å². The SMILES string of the molecule is C#CC(NC(=O)c1cc(CC)nn1CC)C(C)C. The number of carbonyl (C=O) groups is 1. The molecule has 1 unspecified atom stereocenters. The number of aryl methyl sites for hydroxylation is 2. The van der Waals surface area contributed by atoms with E-state index in [1.54, 1.807) is 4.68 Å². The lowest BCUT2D eigenvalue weighted by molar-refractivity contribution is 0.0927. The van der Waals surface area contributed by atoms with Gasteiger partial charge in [-0.05, 0) is 25.3 Å². The number of amides is 1. The second-order valence-corrected chi connectivity index (χ2v) is 4.55. The highest BCUT2D eigenvalue weighted by Gasteiger charge is 2.18. The van der Waals surface area contributed by atoms with E-state index in [9.17, 15) is 4.79 Å². The molecule has 1 rings (SSSR count). The molecule has 0 radical (unpaired) electrons. The summed E-state index contributed by atoms with van der Waals surface area (Å²) in [6, 6.07) is 1.58. The van der Waals surface area contributed by atoms with Crippen molar-refractivity contribution in [1.82, 2.24) is 15.1 Å². The summed E-state index contributed by atoms with van der Waals surface area (Å²) in [5.74, 6) is 2.66. The third-order valence-corrected chi connectivity index (χ3v) is 2.86. The van der Waals surface area contributed by atoms with E-state index in [2.05, 4.69) is 16.3 Å². The van der Waals surface area contributed by atoms with Gasteiger partial charge in [0.15, 0.2) is 0 Å². The molecule has 0 saturated heterocycles. The molecule has 0 bridgehead atoms. The molecule has 0 aliphatic heterocycles. The van der Waals surface area contributed by atoms with Gasteiger partial charge in [-0.2, -0.15) is 5.10 Å². The van der Waals surface area contributed by atoms with Gasteiger partial charge >= 0.3 is 0 Å². The van der Waals surface area contributed by atoms with Crippen LogP contribution in [-0.4, -0.2) is 21.7 Å². The van der Waals surface area contributed by atoms with E-state index >= 15 is 0 Å². The standard InChI is InChI=1S/C14H21N3O/c1-6-11-9-13(17(8-3)16-11)14(18)15-12(7-2)10(4)5/h2,9-10,12H,6,8H2,1,3-5H3,(H,15,18). The van der Waals surface area contributed by atoms with Crippen molar-refractivity contribution in [1.29, 1.82) is 0 Å². The molecule has 0 aliphatic carbocycles. The molecule has 0 spiro atoms. The Labute approximate surface area is 109 Å². The lowest BCUT2D eigenvalue weighted by Crippen LogP contribution is -2.38. The van der Waals surface area contributed by atoms with Crippen molar-refractivity contribution < 1.29 is 4.79 Å².